The highest BCUT2D eigenvalue weighted by atomic mass is 32.2. The Labute approximate surface area is 175 Å². The average molecular weight is 433 g/mol. The summed E-state index contributed by atoms with van der Waals surface area (Å²) in [6.07, 6.45) is 1.69. The summed E-state index contributed by atoms with van der Waals surface area (Å²) in [5.41, 5.74) is 0.594. The van der Waals surface area contributed by atoms with E-state index in [1.165, 1.54) is 23.1 Å². The Morgan fingerprint density at radius 2 is 2.03 bits per heavy atom. The van der Waals surface area contributed by atoms with Crippen molar-refractivity contribution in [2.24, 2.45) is 0 Å². The van der Waals surface area contributed by atoms with E-state index < -0.39 is 0 Å². The molecule has 3 aromatic rings. The number of ether oxygens (including phenoxy) is 1. The molecule has 0 aliphatic carbocycles. The Balaban J connectivity index is 1.60. The number of carbonyl (C=O) groups excluding carboxylic acids is 2. The molecule has 2 amide bonds. The van der Waals surface area contributed by atoms with Crippen LogP contribution in [0, 0.1) is 0 Å². The number of para-hydroxylation sites is 2. The third-order valence-corrected chi connectivity index (χ3v) is 5.48. The van der Waals surface area contributed by atoms with Gasteiger partial charge in [0.15, 0.2) is 10.3 Å². The third-order valence-electron chi connectivity index (χ3n) is 3.82. The van der Waals surface area contributed by atoms with Crippen molar-refractivity contribution in [2.75, 3.05) is 23.5 Å². The highest BCUT2D eigenvalue weighted by Gasteiger charge is 2.17. The van der Waals surface area contributed by atoms with Crippen LogP contribution in [0.5, 0.6) is 5.75 Å². The number of aromatic nitrogens is 4. The highest BCUT2D eigenvalue weighted by molar-refractivity contribution is 7.99. The number of methoxy groups -OCH3 is 1. The van der Waals surface area contributed by atoms with Crippen molar-refractivity contribution in [3.8, 4) is 5.75 Å². The molecule has 0 unspecified atom stereocenters. The van der Waals surface area contributed by atoms with E-state index in [0.717, 1.165) is 0 Å². The Bertz CT molecular complexity index is 974. The molecule has 152 valence electrons. The molecular weight excluding hydrogens is 412 g/mol. The minimum absolute atomic E-state index is 0.0603. The first kappa shape index (κ1) is 20.8. The molecule has 9 nitrogen and oxygen atoms in total. The van der Waals surface area contributed by atoms with E-state index in [9.17, 15) is 9.59 Å². The van der Waals surface area contributed by atoms with Gasteiger partial charge in [0.25, 0.3) is 0 Å². The molecule has 0 spiro atoms. The Kier molecular flexibility index (Phi) is 7.19. The maximum Gasteiger partial charge on any atom is 0.236 e. The monoisotopic (exact) mass is 432 g/mol. The maximum atomic E-state index is 12.4. The van der Waals surface area contributed by atoms with Crippen LogP contribution in [0.1, 0.15) is 12.7 Å². The summed E-state index contributed by atoms with van der Waals surface area (Å²) >= 11 is 2.62. The Morgan fingerprint density at radius 1 is 1.21 bits per heavy atom. The highest BCUT2D eigenvalue weighted by Crippen LogP contribution is 2.23. The summed E-state index contributed by atoms with van der Waals surface area (Å²) < 4.78 is 7.07. The van der Waals surface area contributed by atoms with Gasteiger partial charge in [0.1, 0.15) is 11.6 Å². The van der Waals surface area contributed by atoms with E-state index >= 15 is 0 Å². The van der Waals surface area contributed by atoms with E-state index in [1.54, 1.807) is 30.8 Å². The summed E-state index contributed by atoms with van der Waals surface area (Å²) in [4.78, 5) is 28.5. The molecule has 11 heteroatoms. The molecule has 2 N–H and O–H groups in total. The molecule has 0 saturated carbocycles. The average Bonchev–Trinajstić information content (AvgIpc) is 3.36. The van der Waals surface area contributed by atoms with E-state index in [2.05, 4.69) is 25.8 Å². The molecule has 2 aromatic heterocycles. The first-order chi connectivity index (χ1) is 14.1. The molecular formula is C18H20N6O3S2. The predicted octanol–water partition coefficient (Wildman–Crippen LogP) is 2.68. The molecule has 29 heavy (non-hydrogen) atoms. The molecule has 0 saturated heterocycles. The standard InChI is InChI=1S/C18H20N6O3S2/c1-3-24-14(10-15(25)20-12-6-4-5-7-13(12)27-2)22-23-18(24)29-11-16(26)21-17-19-8-9-28-17/h4-9H,3,10-11H2,1-2H3,(H,20,25)(H,19,21,26). The van der Waals surface area contributed by atoms with E-state index in [-0.39, 0.29) is 24.0 Å². The van der Waals surface area contributed by atoms with Crippen LogP contribution in [0.15, 0.2) is 41.0 Å². The van der Waals surface area contributed by atoms with E-state index in [4.69, 9.17) is 4.74 Å². The summed E-state index contributed by atoms with van der Waals surface area (Å²) in [5, 5.41) is 16.7. The van der Waals surface area contributed by atoms with Gasteiger partial charge in [-0.1, -0.05) is 23.9 Å². The van der Waals surface area contributed by atoms with Crippen LogP contribution in [-0.4, -0.2) is 44.4 Å². The number of rotatable bonds is 9. The van der Waals surface area contributed by atoms with Crippen LogP contribution >= 0.6 is 23.1 Å². The van der Waals surface area contributed by atoms with Crippen LogP contribution in [0.25, 0.3) is 0 Å². The van der Waals surface area contributed by atoms with Gasteiger partial charge in [0, 0.05) is 18.1 Å². The number of carbonyl (C=O) groups is 2. The van der Waals surface area contributed by atoms with Crippen LogP contribution in [0.3, 0.4) is 0 Å². The zero-order chi connectivity index (χ0) is 20.6. The fraction of sp³-hybridized carbons (Fsp3) is 0.278. The van der Waals surface area contributed by atoms with E-state index in [0.29, 0.717) is 34.1 Å². The maximum absolute atomic E-state index is 12.4. The smallest absolute Gasteiger partial charge is 0.236 e. The van der Waals surface area contributed by atoms with Gasteiger partial charge in [-0.2, -0.15) is 0 Å². The topological polar surface area (TPSA) is 111 Å². The van der Waals surface area contributed by atoms with Crippen molar-refractivity contribution in [3.63, 3.8) is 0 Å². The number of thiazole rings is 1. The van der Waals surface area contributed by atoms with Crippen molar-refractivity contribution >= 4 is 45.7 Å². The molecule has 0 atom stereocenters. The third kappa shape index (κ3) is 5.55. The number of nitrogens with zero attached hydrogens (tertiary/aromatic N) is 4. The predicted molar refractivity (Wildman–Crippen MR) is 112 cm³/mol. The fourth-order valence-corrected chi connectivity index (χ4v) is 3.90. The quantitative estimate of drug-likeness (QED) is 0.500. The molecule has 3 rings (SSSR count). The summed E-state index contributed by atoms with van der Waals surface area (Å²) in [6, 6.07) is 7.19. The lowest BCUT2D eigenvalue weighted by molar-refractivity contribution is -0.116. The number of anilines is 2. The first-order valence-electron chi connectivity index (χ1n) is 8.77. The van der Waals surface area contributed by atoms with Gasteiger partial charge in [-0.15, -0.1) is 21.5 Å². The molecule has 1 aromatic carbocycles. The number of benzene rings is 1. The summed E-state index contributed by atoms with van der Waals surface area (Å²) in [7, 11) is 1.55. The first-order valence-corrected chi connectivity index (χ1v) is 10.6. The van der Waals surface area contributed by atoms with Crippen LogP contribution < -0.4 is 15.4 Å². The van der Waals surface area contributed by atoms with Crippen molar-refractivity contribution in [2.45, 2.75) is 25.0 Å². The van der Waals surface area contributed by atoms with Crippen molar-refractivity contribution < 1.29 is 14.3 Å². The SMILES string of the molecule is CCn1c(CC(=O)Nc2ccccc2OC)nnc1SCC(=O)Nc1nccs1. The van der Waals surface area contributed by atoms with Gasteiger partial charge in [-0.25, -0.2) is 4.98 Å². The second-order valence-electron chi connectivity index (χ2n) is 5.74. The van der Waals surface area contributed by atoms with Gasteiger partial charge < -0.3 is 19.9 Å². The molecule has 2 heterocycles. The molecule has 0 radical (unpaired) electrons. The zero-order valence-electron chi connectivity index (χ0n) is 15.9. The van der Waals surface area contributed by atoms with Crippen molar-refractivity contribution in [1.29, 1.82) is 0 Å². The molecule has 0 aliphatic heterocycles. The normalized spacial score (nSPS) is 10.6. The number of nitrogens with one attached hydrogen (secondary N) is 2. The van der Waals surface area contributed by atoms with Gasteiger partial charge in [-0.3, -0.25) is 9.59 Å². The Hall–Kier alpha value is -2.92. The number of amides is 2. The zero-order valence-corrected chi connectivity index (χ0v) is 17.5. The summed E-state index contributed by atoms with van der Waals surface area (Å²) in [5.74, 6) is 0.884. The van der Waals surface area contributed by atoms with Crippen LogP contribution in [0.2, 0.25) is 0 Å². The molecule has 0 aliphatic rings. The number of hydrogen-bond donors (Lipinski definition) is 2. The minimum atomic E-state index is -0.227. The van der Waals surface area contributed by atoms with Gasteiger partial charge >= 0.3 is 0 Å². The lowest BCUT2D eigenvalue weighted by Gasteiger charge is -2.10. The van der Waals surface area contributed by atoms with Gasteiger partial charge in [-0.05, 0) is 19.1 Å². The van der Waals surface area contributed by atoms with Crippen molar-refractivity contribution in [1.82, 2.24) is 19.7 Å². The minimum Gasteiger partial charge on any atom is -0.495 e. The summed E-state index contributed by atoms with van der Waals surface area (Å²) in [6.45, 7) is 2.52. The largest absolute Gasteiger partial charge is 0.495 e. The fourth-order valence-electron chi connectivity index (χ4n) is 2.53. The van der Waals surface area contributed by atoms with Gasteiger partial charge in [0.2, 0.25) is 11.8 Å². The molecule has 0 bridgehead atoms. The van der Waals surface area contributed by atoms with E-state index in [1.807, 2.05) is 23.6 Å². The lowest BCUT2D eigenvalue weighted by Crippen LogP contribution is -2.18. The lowest BCUT2D eigenvalue weighted by atomic mass is 10.2. The number of hydrogen-bond acceptors (Lipinski definition) is 8. The second kappa shape index (κ2) is 10.0. The van der Waals surface area contributed by atoms with Crippen molar-refractivity contribution in [3.05, 3.63) is 41.7 Å². The molecule has 0 fully saturated rings. The van der Waals surface area contributed by atoms with Crippen LogP contribution in [-0.2, 0) is 22.6 Å². The Morgan fingerprint density at radius 3 is 2.76 bits per heavy atom. The van der Waals surface area contributed by atoms with Gasteiger partial charge in [0.05, 0.1) is 25.0 Å². The second-order valence-corrected chi connectivity index (χ2v) is 7.58. The van der Waals surface area contributed by atoms with Crippen LogP contribution in [0.4, 0.5) is 10.8 Å². The number of thioether (sulfide) groups is 1.